The second kappa shape index (κ2) is 8.46. The van der Waals surface area contributed by atoms with Crippen LogP contribution in [0.1, 0.15) is 59.2 Å². The molecule has 28 heavy (non-hydrogen) atoms. The third kappa shape index (κ3) is 4.35. The van der Waals surface area contributed by atoms with Gasteiger partial charge in [-0.1, -0.05) is 18.9 Å². The Morgan fingerprint density at radius 1 is 0.821 bits per heavy atom. The van der Waals surface area contributed by atoms with E-state index in [1.165, 1.54) is 31.4 Å². The molecule has 2 fully saturated rings. The van der Waals surface area contributed by atoms with Gasteiger partial charge in [0.25, 0.3) is 11.8 Å². The lowest BCUT2D eigenvalue weighted by Crippen LogP contribution is -2.32. The summed E-state index contributed by atoms with van der Waals surface area (Å²) in [5, 5.41) is 5.99. The average Bonchev–Trinajstić information content (AvgIpc) is 3.43. The zero-order chi connectivity index (χ0) is 19.3. The van der Waals surface area contributed by atoms with Gasteiger partial charge < -0.3 is 15.5 Å². The van der Waals surface area contributed by atoms with Crippen molar-refractivity contribution < 1.29 is 9.59 Å². The van der Waals surface area contributed by atoms with Crippen molar-refractivity contribution >= 4 is 23.2 Å². The SMILES string of the molecule is O=C(Nc1ccc(N2CCCC2)cc1)c1cccc(C(=O)NC2CCCC2)c1. The second-order valence-corrected chi connectivity index (χ2v) is 7.73. The molecule has 1 saturated carbocycles. The smallest absolute Gasteiger partial charge is 0.255 e. The highest BCUT2D eigenvalue weighted by Crippen LogP contribution is 2.22. The van der Waals surface area contributed by atoms with E-state index < -0.39 is 0 Å². The van der Waals surface area contributed by atoms with E-state index in [0.717, 1.165) is 31.6 Å². The minimum atomic E-state index is -0.204. The summed E-state index contributed by atoms with van der Waals surface area (Å²) < 4.78 is 0. The zero-order valence-corrected chi connectivity index (χ0v) is 16.1. The number of benzene rings is 2. The Balaban J connectivity index is 1.39. The Morgan fingerprint density at radius 3 is 2.14 bits per heavy atom. The van der Waals surface area contributed by atoms with E-state index in [2.05, 4.69) is 15.5 Å². The lowest BCUT2D eigenvalue weighted by atomic mass is 10.1. The highest BCUT2D eigenvalue weighted by Gasteiger charge is 2.19. The van der Waals surface area contributed by atoms with Gasteiger partial charge in [-0.05, 0) is 68.1 Å². The average molecular weight is 377 g/mol. The van der Waals surface area contributed by atoms with Gasteiger partial charge in [0.15, 0.2) is 0 Å². The van der Waals surface area contributed by atoms with Crippen molar-refractivity contribution in [2.45, 2.75) is 44.6 Å². The first-order chi connectivity index (χ1) is 13.7. The Kier molecular flexibility index (Phi) is 5.60. The van der Waals surface area contributed by atoms with Crippen LogP contribution in [0.5, 0.6) is 0 Å². The van der Waals surface area contributed by atoms with Crippen LogP contribution >= 0.6 is 0 Å². The first-order valence-electron chi connectivity index (χ1n) is 10.3. The maximum absolute atomic E-state index is 12.6. The normalized spacial score (nSPS) is 16.9. The largest absolute Gasteiger partial charge is 0.372 e. The Bertz CT molecular complexity index is 835. The summed E-state index contributed by atoms with van der Waals surface area (Å²) in [6, 6.07) is 15.1. The van der Waals surface area contributed by atoms with Crippen molar-refractivity contribution in [1.82, 2.24) is 5.32 Å². The Labute approximate surface area is 166 Å². The fourth-order valence-electron chi connectivity index (χ4n) is 4.07. The van der Waals surface area contributed by atoms with Gasteiger partial charge in [-0.3, -0.25) is 9.59 Å². The minimum Gasteiger partial charge on any atom is -0.372 e. The molecular weight excluding hydrogens is 350 g/mol. The molecule has 4 rings (SSSR count). The van der Waals surface area contributed by atoms with Crippen LogP contribution in [-0.4, -0.2) is 30.9 Å². The van der Waals surface area contributed by atoms with Crippen molar-refractivity contribution in [3.05, 3.63) is 59.7 Å². The Hall–Kier alpha value is -2.82. The number of hydrogen-bond acceptors (Lipinski definition) is 3. The maximum atomic E-state index is 12.6. The van der Waals surface area contributed by atoms with Gasteiger partial charge in [0.05, 0.1) is 0 Å². The van der Waals surface area contributed by atoms with E-state index in [9.17, 15) is 9.59 Å². The molecule has 5 nitrogen and oxygen atoms in total. The molecule has 1 saturated heterocycles. The van der Waals surface area contributed by atoms with E-state index >= 15 is 0 Å². The Morgan fingerprint density at radius 2 is 1.46 bits per heavy atom. The van der Waals surface area contributed by atoms with E-state index in [0.29, 0.717) is 11.1 Å². The van der Waals surface area contributed by atoms with Crippen LogP contribution in [0, 0.1) is 0 Å². The van der Waals surface area contributed by atoms with Crippen molar-refractivity contribution in [2.75, 3.05) is 23.3 Å². The molecule has 1 heterocycles. The number of rotatable bonds is 5. The van der Waals surface area contributed by atoms with Crippen molar-refractivity contribution in [1.29, 1.82) is 0 Å². The number of hydrogen-bond donors (Lipinski definition) is 2. The van der Waals surface area contributed by atoms with Crippen LogP contribution in [0.3, 0.4) is 0 Å². The summed E-state index contributed by atoms with van der Waals surface area (Å²) in [5.74, 6) is -0.305. The maximum Gasteiger partial charge on any atom is 0.255 e. The molecule has 2 N–H and O–H groups in total. The predicted molar refractivity (Wildman–Crippen MR) is 112 cm³/mol. The number of carbonyl (C=O) groups excluding carboxylic acids is 2. The van der Waals surface area contributed by atoms with E-state index in [-0.39, 0.29) is 17.9 Å². The van der Waals surface area contributed by atoms with Crippen LogP contribution in [0.15, 0.2) is 48.5 Å². The van der Waals surface area contributed by atoms with E-state index in [1.54, 1.807) is 24.3 Å². The van der Waals surface area contributed by atoms with Crippen LogP contribution < -0.4 is 15.5 Å². The number of amides is 2. The van der Waals surface area contributed by atoms with Gasteiger partial charge >= 0.3 is 0 Å². The molecule has 0 atom stereocenters. The number of nitrogens with one attached hydrogen (secondary N) is 2. The molecule has 146 valence electrons. The van der Waals surface area contributed by atoms with Gasteiger partial charge in [0.1, 0.15) is 0 Å². The molecule has 1 aliphatic carbocycles. The topological polar surface area (TPSA) is 61.4 Å². The molecule has 2 aliphatic rings. The van der Waals surface area contributed by atoms with Gasteiger partial charge in [0.2, 0.25) is 0 Å². The zero-order valence-electron chi connectivity index (χ0n) is 16.1. The van der Waals surface area contributed by atoms with E-state index in [1.807, 2.05) is 24.3 Å². The number of anilines is 2. The van der Waals surface area contributed by atoms with Gasteiger partial charge in [-0.25, -0.2) is 0 Å². The highest BCUT2D eigenvalue weighted by atomic mass is 16.2. The third-order valence-corrected chi connectivity index (χ3v) is 5.67. The summed E-state index contributed by atoms with van der Waals surface area (Å²) in [7, 11) is 0. The van der Waals surface area contributed by atoms with Crippen molar-refractivity contribution in [3.63, 3.8) is 0 Å². The standard InChI is InChI=1S/C23H27N3O2/c27-22(24-19-8-1-2-9-19)17-6-5-7-18(16-17)23(28)25-20-10-12-21(13-11-20)26-14-3-4-15-26/h5-7,10-13,16,19H,1-4,8-9,14-15H2,(H,24,27)(H,25,28). The van der Waals surface area contributed by atoms with Crippen molar-refractivity contribution in [3.8, 4) is 0 Å². The molecule has 2 aromatic rings. The molecule has 0 aromatic heterocycles. The summed E-state index contributed by atoms with van der Waals surface area (Å²) in [6.07, 6.45) is 6.90. The first kappa shape index (κ1) is 18.5. The summed E-state index contributed by atoms with van der Waals surface area (Å²) in [4.78, 5) is 27.4. The summed E-state index contributed by atoms with van der Waals surface area (Å²) in [5.41, 5.74) is 2.97. The quantitative estimate of drug-likeness (QED) is 0.820. The van der Waals surface area contributed by atoms with Crippen LogP contribution in [0.25, 0.3) is 0 Å². The monoisotopic (exact) mass is 377 g/mol. The summed E-state index contributed by atoms with van der Waals surface area (Å²) in [6.45, 7) is 2.20. The van der Waals surface area contributed by atoms with Gasteiger partial charge in [-0.2, -0.15) is 0 Å². The highest BCUT2D eigenvalue weighted by molar-refractivity contribution is 6.06. The second-order valence-electron chi connectivity index (χ2n) is 7.73. The molecule has 0 unspecified atom stereocenters. The molecule has 0 bridgehead atoms. The molecule has 0 spiro atoms. The van der Waals surface area contributed by atoms with Crippen LogP contribution in [0.4, 0.5) is 11.4 Å². The van der Waals surface area contributed by atoms with Gasteiger partial charge in [-0.15, -0.1) is 0 Å². The third-order valence-electron chi connectivity index (χ3n) is 5.67. The van der Waals surface area contributed by atoms with Gasteiger partial charge in [0, 0.05) is 41.6 Å². The van der Waals surface area contributed by atoms with Crippen molar-refractivity contribution in [2.24, 2.45) is 0 Å². The van der Waals surface area contributed by atoms with E-state index in [4.69, 9.17) is 0 Å². The summed E-state index contributed by atoms with van der Waals surface area (Å²) >= 11 is 0. The number of nitrogens with zero attached hydrogens (tertiary/aromatic N) is 1. The molecule has 2 amide bonds. The number of carbonyl (C=O) groups is 2. The van der Waals surface area contributed by atoms with Crippen LogP contribution in [-0.2, 0) is 0 Å². The lowest BCUT2D eigenvalue weighted by molar-refractivity contribution is 0.0938. The minimum absolute atomic E-state index is 0.100. The fourth-order valence-corrected chi connectivity index (χ4v) is 4.07. The molecule has 1 aliphatic heterocycles. The molecule has 5 heteroatoms. The molecular formula is C23H27N3O2. The lowest BCUT2D eigenvalue weighted by Gasteiger charge is -2.17. The first-order valence-corrected chi connectivity index (χ1v) is 10.3. The molecule has 2 aromatic carbocycles. The fraction of sp³-hybridized carbons (Fsp3) is 0.391. The molecule has 0 radical (unpaired) electrons. The predicted octanol–water partition coefficient (Wildman–Crippen LogP) is 4.21. The van der Waals surface area contributed by atoms with Crippen LogP contribution in [0.2, 0.25) is 0 Å².